The number of nitrogens with one attached hydrogen (secondary N) is 2. The largest absolute Gasteiger partial charge is 0.444 e. The molecular weight excluding hydrogens is 463 g/mol. The van der Waals surface area contributed by atoms with Crippen LogP contribution in [0.3, 0.4) is 0 Å². The number of anilines is 2. The predicted octanol–water partition coefficient (Wildman–Crippen LogP) is 4.81. The standard InChI is InChI=1S/C26H33FN6O3/c1-26(2,3)36-25(34)31-18-8-6-17(7-9-18)30-24-29-13-22-23(33-24)16(14-35-4)12-21(32-22)15-5-10-20(28)19(27)11-15/h5,10-13,17-18H,6-9,14,28H2,1-4H3,(H,31,34)(H,29,30,33)/t17-,18-. The van der Waals surface area contributed by atoms with Crippen LogP contribution in [0.25, 0.3) is 22.3 Å². The molecule has 1 aliphatic rings. The van der Waals surface area contributed by atoms with E-state index < -0.39 is 11.4 Å². The number of carbonyl (C=O) groups excluding carboxylic acids is 1. The Kier molecular flexibility index (Phi) is 7.53. The molecule has 0 atom stereocenters. The van der Waals surface area contributed by atoms with Crippen LogP contribution >= 0.6 is 0 Å². The van der Waals surface area contributed by atoms with E-state index >= 15 is 0 Å². The summed E-state index contributed by atoms with van der Waals surface area (Å²) < 4.78 is 24.8. The first-order chi connectivity index (χ1) is 17.1. The van der Waals surface area contributed by atoms with E-state index in [0.29, 0.717) is 34.8 Å². The van der Waals surface area contributed by atoms with Crippen molar-refractivity contribution in [3.05, 3.63) is 41.8 Å². The van der Waals surface area contributed by atoms with Gasteiger partial charge in [-0.3, -0.25) is 0 Å². The molecule has 4 N–H and O–H groups in total. The van der Waals surface area contributed by atoms with Crippen molar-refractivity contribution in [2.75, 3.05) is 18.2 Å². The van der Waals surface area contributed by atoms with E-state index in [4.69, 9.17) is 20.2 Å². The lowest BCUT2D eigenvalue weighted by molar-refractivity contribution is 0.0492. The van der Waals surface area contributed by atoms with Gasteiger partial charge in [-0.2, -0.15) is 0 Å². The fraction of sp³-hybridized carbons (Fsp3) is 0.462. The third-order valence-electron chi connectivity index (χ3n) is 6.00. The van der Waals surface area contributed by atoms with Gasteiger partial charge in [-0.25, -0.2) is 24.1 Å². The number of hydrogen-bond acceptors (Lipinski definition) is 8. The number of nitrogen functional groups attached to an aromatic ring is 1. The van der Waals surface area contributed by atoms with Crippen LogP contribution in [0.5, 0.6) is 0 Å². The molecule has 1 amide bonds. The minimum Gasteiger partial charge on any atom is -0.444 e. The minimum atomic E-state index is -0.515. The number of carbonyl (C=O) groups is 1. The normalized spacial score (nSPS) is 18.1. The Morgan fingerprint density at radius 2 is 1.86 bits per heavy atom. The number of fused-ring (bicyclic) bond motifs is 1. The number of methoxy groups -OCH3 is 1. The molecule has 3 aromatic rings. The molecule has 0 unspecified atom stereocenters. The van der Waals surface area contributed by atoms with Gasteiger partial charge in [0.1, 0.15) is 16.9 Å². The molecule has 4 rings (SSSR count). The molecule has 9 nitrogen and oxygen atoms in total. The number of aromatic nitrogens is 3. The van der Waals surface area contributed by atoms with Gasteiger partial charge in [0, 0.05) is 30.3 Å². The highest BCUT2D eigenvalue weighted by molar-refractivity contribution is 5.82. The smallest absolute Gasteiger partial charge is 0.407 e. The molecule has 1 aliphatic carbocycles. The fourth-order valence-electron chi connectivity index (χ4n) is 4.30. The number of nitrogens with zero attached hydrogens (tertiary/aromatic N) is 3. The number of halogens is 1. The highest BCUT2D eigenvalue weighted by Crippen LogP contribution is 2.27. The number of nitrogens with two attached hydrogens (primary N) is 1. The predicted molar refractivity (Wildman–Crippen MR) is 137 cm³/mol. The van der Waals surface area contributed by atoms with Gasteiger partial charge in [-0.05, 0) is 64.7 Å². The summed E-state index contributed by atoms with van der Waals surface area (Å²) >= 11 is 0. The third kappa shape index (κ3) is 6.37. The number of ether oxygens (including phenoxy) is 2. The average molecular weight is 497 g/mol. The highest BCUT2D eigenvalue weighted by Gasteiger charge is 2.25. The second kappa shape index (κ2) is 10.6. The number of alkyl carbamates (subject to hydrolysis) is 1. The Bertz CT molecular complexity index is 1240. The number of amides is 1. The Balaban J connectivity index is 1.46. The van der Waals surface area contributed by atoms with Crippen molar-refractivity contribution in [3.8, 4) is 11.3 Å². The molecule has 0 bridgehead atoms. The first kappa shape index (κ1) is 25.6. The van der Waals surface area contributed by atoms with Gasteiger partial charge in [0.25, 0.3) is 0 Å². The third-order valence-corrected chi connectivity index (χ3v) is 6.00. The lowest BCUT2D eigenvalue weighted by Gasteiger charge is -2.30. The Morgan fingerprint density at radius 1 is 1.14 bits per heavy atom. The molecule has 10 heteroatoms. The van der Waals surface area contributed by atoms with Gasteiger partial charge in [0.05, 0.1) is 29.7 Å². The zero-order chi connectivity index (χ0) is 25.9. The lowest BCUT2D eigenvalue weighted by Crippen LogP contribution is -2.42. The number of hydrogen-bond donors (Lipinski definition) is 3. The molecule has 1 aromatic carbocycles. The van der Waals surface area contributed by atoms with E-state index in [2.05, 4.69) is 20.6 Å². The van der Waals surface area contributed by atoms with E-state index in [0.717, 1.165) is 31.2 Å². The molecule has 0 aliphatic heterocycles. The van der Waals surface area contributed by atoms with Gasteiger partial charge in [0.15, 0.2) is 0 Å². The first-order valence-corrected chi connectivity index (χ1v) is 12.1. The van der Waals surface area contributed by atoms with Crippen molar-refractivity contribution >= 4 is 28.8 Å². The van der Waals surface area contributed by atoms with Crippen LogP contribution in [0.4, 0.5) is 20.8 Å². The van der Waals surface area contributed by atoms with Crippen molar-refractivity contribution in [1.82, 2.24) is 20.3 Å². The van der Waals surface area contributed by atoms with Crippen LogP contribution in [0.1, 0.15) is 52.0 Å². The summed E-state index contributed by atoms with van der Waals surface area (Å²) in [5.41, 5.74) is 8.48. The topological polar surface area (TPSA) is 124 Å². The highest BCUT2D eigenvalue weighted by atomic mass is 19.1. The van der Waals surface area contributed by atoms with Crippen molar-refractivity contribution in [1.29, 1.82) is 0 Å². The van der Waals surface area contributed by atoms with E-state index in [1.807, 2.05) is 26.8 Å². The molecule has 36 heavy (non-hydrogen) atoms. The van der Waals surface area contributed by atoms with Crippen LogP contribution in [0.15, 0.2) is 30.5 Å². The zero-order valence-electron chi connectivity index (χ0n) is 21.1. The summed E-state index contributed by atoms with van der Waals surface area (Å²) in [6, 6.07) is 6.74. The van der Waals surface area contributed by atoms with Gasteiger partial charge < -0.3 is 25.8 Å². The van der Waals surface area contributed by atoms with Crippen molar-refractivity contribution in [2.45, 2.75) is 70.7 Å². The summed E-state index contributed by atoms with van der Waals surface area (Å²) in [7, 11) is 1.61. The summed E-state index contributed by atoms with van der Waals surface area (Å²) in [5.74, 6) is 0.0194. The van der Waals surface area contributed by atoms with E-state index in [1.54, 1.807) is 19.4 Å². The molecule has 0 radical (unpaired) electrons. The van der Waals surface area contributed by atoms with E-state index in [1.165, 1.54) is 12.1 Å². The van der Waals surface area contributed by atoms with Gasteiger partial charge in [-0.1, -0.05) is 6.07 Å². The van der Waals surface area contributed by atoms with E-state index in [-0.39, 0.29) is 23.9 Å². The number of benzene rings is 1. The monoisotopic (exact) mass is 496 g/mol. The first-order valence-electron chi connectivity index (χ1n) is 12.1. The molecule has 192 valence electrons. The molecular formula is C26H33FN6O3. The molecule has 1 fully saturated rings. The molecule has 2 heterocycles. The summed E-state index contributed by atoms with van der Waals surface area (Å²) in [6.07, 6.45) is 4.69. The average Bonchev–Trinajstić information content (AvgIpc) is 2.81. The Hall–Kier alpha value is -3.53. The van der Waals surface area contributed by atoms with Crippen LogP contribution in [0, 0.1) is 5.82 Å². The van der Waals surface area contributed by atoms with Crippen molar-refractivity contribution < 1.29 is 18.7 Å². The van der Waals surface area contributed by atoms with Crippen LogP contribution < -0.4 is 16.4 Å². The van der Waals surface area contributed by atoms with Gasteiger partial charge in [0.2, 0.25) is 5.95 Å². The van der Waals surface area contributed by atoms with Gasteiger partial charge >= 0.3 is 6.09 Å². The Morgan fingerprint density at radius 3 is 2.53 bits per heavy atom. The maximum atomic E-state index is 14.0. The van der Waals surface area contributed by atoms with Gasteiger partial charge in [-0.15, -0.1) is 0 Å². The summed E-state index contributed by atoms with van der Waals surface area (Å²) in [5, 5.41) is 6.37. The SMILES string of the molecule is COCc1cc(-c2ccc(N)c(F)c2)nc2cnc(N[C@H]3CC[C@H](NC(=O)OC(C)(C)C)CC3)nc12. The Labute approximate surface area is 210 Å². The maximum absolute atomic E-state index is 14.0. The quantitative estimate of drug-likeness (QED) is 0.416. The molecule has 1 saturated carbocycles. The summed E-state index contributed by atoms with van der Waals surface area (Å²) in [4.78, 5) is 25.9. The summed E-state index contributed by atoms with van der Waals surface area (Å²) in [6.45, 7) is 5.87. The second-order valence-electron chi connectivity index (χ2n) is 10.1. The zero-order valence-corrected chi connectivity index (χ0v) is 21.1. The molecule has 0 spiro atoms. The lowest BCUT2D eigenvalue weighted by atomic mass is 9.91. The fourth-order valence-corrected chi connectivity index (χ4v) is 4.30. The van der Waals surface area contributed by atoms with Crippen LogP contribution in [-0.4, -0.2) is 45.8 Å². The maximum Gasteiger partial charge on any atom is 0.407 e. The van der Waals surface area contributed by atoms with Crippen molar-refractivity contribution in [2.24, 2.45) is 0 Å². The van der Waals surface area contributed by atoms with E-state index in [9.17, 15) is 9.18 Å². The molecule has 0 saturated heterocycles. The number of rotatable bonds is 6. The van der Waals surface area contributed by atoms with Crippen molar-refractivity contribution in [3.63, 3.8) is 0 Å². The minimum absolute atomic E-state index is 0.0875. The van der Waals surface area contributed by atoms with Crippen LogP contribution in [0.2, 0.25) is 0 Å². The second-order valence-corrected chi connectivity index (χ2v) is 10.1. The molecule has 2 aromatic heterocycles. The van der Waals surface area contributed by atoms with Crippen LogP contribution in [-0.2, 0) is 16.1 Å². The number of pyridine rings is 1.